The molecular formula is C8H18O2. The Balaban J connectivity index is 3.36. The van der Waals surface area contributed by atoms with Crippen molar-refractivity contribution in [1.29, 1.82) is 0 Å². The van der Waals surface area contributed by atoms with Crippen LogP contribution < -0.4 is 0 Å². The standard InChI is InChI=1S/C8H18O2/c1-8(2,3)6-5-7(9)10-4/h7,9H,5-6H2,1-4H3. The molecule has 10 heavy (non-hydrogen) atoms. The molecule has 0 aliphatic carbocycles. The molecule has 2 nitrogen and oxygen atoms in total. The molecule has 0 amide bonds. The van der Waals surface area contributed by atoms with Crippen molar-refractivity contribution in [3.05, 3.63) is 0 Å². The summed E-state index contributed by atoms with van der Waals surface area (Å²) in [6.45, 7) is 6.44. The predicted octanol–water partition coefficient (Wildman–Crippen LogP) is 1.78. The lowest BCUT2D eigenvalue weighted by molar-refractivity contribution is -0.0830. The Hall–Kier alpha value is -0.0800. The van der Waals surface area contributed by atoms with Gasteiger partial charge in [-0.15, -0.1) is 0 Å². The van der Waals surface area contributed by atoms with Crippen molar-refractivity contribution in [3.8, 4) is 0 Å². The maximum absolute atomic E-state index is 9.00. The van der Waals surface area contributed by atoms with E-state index in [0.717, 1.165) is 12.8 Å². The van der Waals surface area contributed by atoms with Crippen molar-refractivity contribution in [2.24, 2.45) is 5.41 Å². The van der Waals surface area contributed by atoms with E-state index >= 15 is 0 Å². The number of aliphatic hydroxyl groups is 1. The van der Waals surface area contributed by atoms with Gasteiger partial charge in [0.2, 0.25) is 0 Å². The van der Waals surface area contributed by atoms with Crippen LogP contribution in [0.15, 0.2) is 0 Å². The van der Waals surface area contributed by atoms with Gasteiger partial charge in [0.25, 0.3) is 0 Å². The molecule has 0 aliphatic rings. The fraction of sp³-hybridized carbons (Fsp3) is 1.00. The maximum atomic E-state index is 9.00. The number of rotatable bonds is 3. The monoisotopic (exact) mass is 146 g/mol. The van der Waals surface area contributed by atoms with Gasteiger partial charge in [0.15, 0.2) is 6.29 Å². The first-order chi connectivity index (χ1) is 4.45. The molecule has 2 heteroatoms. The summed E-state index contributed by atoms with van der Waals surface area (Å²) in [5.74, 6) is 0. The van der Waals surface area contributed by atoms with Gasteiger partial charge >= 0.3 is 0 Å². The van der Waals surface area contributed by atoms with Crippen molar-refractivity contribution >= 4 is 0 Å². The summed E-state index contributed by atoms with van der Waals surface area (Å²) >= 11 is 0. The summed E-state index contributed by atoms with van der Waals surface area (Å²) in [4.78, 5) is 0. The molecule has 0 radical (unpaired) electrons. The van der Waals surface area contributed by atoms with Crippen LogP contribution in [0.5, 0.6) is 0 Å². The van der Waals surface area contributed by atoms with Crippen LogP contribution in [0.2, 0.25) is 0 Å². The molecule has 0 aromatic heterocycles. The topological polar surface area (TPSA) is 29.5 Å². The summed E-state index contributed by atoms with van der Waals surface area (Å²) in [6.07, 6.45) is 1.13. The number of hydrogen-bond acceptors (Lipinski definition) is 2. The van der Waals surface area contributed by atoms with Crippen LogP contribution in [0.3, 0.4) is 0 Å². The van der Waals surface area contributed by atoms with Crippen LogP contribution in [0.1, 0.15) is 33.6 Å². The molecule has 0 aromatic rings. The molecule has 0 aromatic carbocycles. The largest absolute Gasteiger partial charge is 0.368 e. The normalized spacial score (nSPS) is 15.3. The highest BCUT2D eigenvalue weighted by molar-refractivity contribution is 4.61. The van der Waals surface area contributed by atoms with Crippen molar-refractivity contribution in [3.63, 3.8) is 0 Å². The smallest absolute Gasteiger partial charge is 0.154 e. The Kier molecular flexibility index (Phi) is 3.91. The van der Waals surface area contributed by atoms with E-state index in [-0.39, 0.29) is 0 Å². The van der Waals surface area contributed by atoms with Crippen LogP contribution in [0.4, 0.5) is 0 Å². The Morgan fingerprint density at radius 1 is 1.40 bits per heavy atom. The first-order valence-electron chi connectivity index (χ1n) is 3.66. The molecule has 0 spiro atoms. The lowest BCUT2D eigenvalue weighted by Gasteiger charge is -2.19. The van der Waals surface area contributed by atoms with Crippen molar-refractivity contribution in [2.75, 3.05) is 7.11 Å². The summed E-state index contributed by atoms with van der Waals surface area (Å²) < 4.78 is 4.70. The highest BCUT2D eigenvalue weighted by atomic mass is 16.6. The number of hydrogen-bond donors (Lipinski definition) is 1. The molecule has 0 saturated carbocycles. The third-order valence-electron chi connectivity index (χ3n) is 1.41. The first kappa shape index (κ1) is 9.92. The minimum absolute atomic E-state index is 0.291. The van der Waals surface area contributed by atoms with Gasteiger partial charge in [-0.25, -0.2) is 0 Å². The highest BCUT2D eigenvalue weighted by Crippen LogP contribution is 2.21. The van der Waals surface area contributed by atoms with Gasteiger partial charge in [-0.3, -0.25) is 0 Å². The quantitative estimate of drug-likeness (QED) is 0.615. The number of ether oxygens (including phenoxy) is 1. The van der Waals surface area contributed by atoms with Crippen LogP contribution in [0, 0.1) is 5.41 Å². The van der Waals surface area contributed by atoms with Crippen LogP contribution >= 0.6 is 0 Å². The number of methoxy groups -OCH3 is 1. The van der Waals surface area contributed by atoms with E-state index < -0.39 is 6.29 Å². The zero-order valence-corrected chi connectivity index (χ0v) is 7.35. The first-order valence-corrected chi connectivity index (χ1v) is 3.66. The summed E-state index contributed by atoms with van der Waals surface area (Å²) in [5, 5.41) is 9.00. The van der Waals surface area contributed by atoms with Crippen molar-refractivity contribution < 1.29 is 9.84 Å². The van der Waals surface area contributed by atoms with Crippen LogP contribution in [0.25, 0.3) is 0 Å². The zero-order chi connectivity index (χ0) is 8.20. The van der Waals surface area contributed by atoms with Gasteiger partial charge in [0.05, 0.1) is 0 Å². The van der Waals surface area contributed by atoms with E-state index in [0.29, 0.717) is 5.41 Å². The molecule has 0 rings (SSSR count). The van der Waals surface area contributed by atoms with Gasteiger partial charge in [-0.05, 0) is 18.3 Å². The van der Waals surface area contributed by atoms with E-state index in [2.05, 4.69) is 20.8 Å². The molecule has 62 valence electrons. The Bertz CT molecular complexity index is 83.7. The highest BCUT2D eigenvalue weighted by Gasteiger charge is 2.12. The molecule has 0 aliphatic heterocycles. The molecular weight excluding hydrogens is 128 g/mol. The Morgan fingerprint density at radius 3 is 2.20 bits per heavy atom. The van der Waals surface area contributed by atoms with E-state index in [1.54, 1.807) is 0 Å². The third-order valence-corrected chi connectivity index (χ3v) is 1.41. The summed E-state index contributed by atoms with van der Waals surface area (Å²) in [6, 6.07) is 0. The second-order valence-corrected chi connectivity index (χ2v) is 3.79. The predicted molar refractivity (Wildman–Crippen MR) is 41.7 cm³/mol. The second-order valence-electron chi connectivity index (χ2n) is 3.79. The second kappa shape index (κ2) is 3.94. The van der Waals surface area contributed by atoms with Gasteiger partial charge in [0, 0.05) is 7.11 Å². The summed E-state index contributed by atoms with van der Waals surface area (Å²) in [7, 11) is 1.52. The van der Waals surface area contributed by atoms with Gasteiger partial charge in [0.1, 0.15) is 0 Å². The average Bonchev–Trinajstić information content (AvgIpc) is 1.81. The Morgan fingerprint density at radius 2 is 1.90 bits per heavy atom. The number of aliphatic hydroxyl groups excluding tert-OH is 1. The minimum atomic E-state index is -0.584. The molecule has 0 fully saturated rings. The molecule has 1 N–H and O–H groups in total. The van der Waals surface area contributed by atoms with E-state index in [9.17, 15) is 0 Å². The van der Waals surface area contributed by atoms with Crippen molar-refractivity contribution in [2.45, 2.75) is 39.9 Å². The SMILES string of the molecule is COC(O)CCC(C)(C)C. The lowest BCUT2D eigenvalue weighted by atomic mass is 9.90. The van der Waals surface area contributed by atoms with E-state index in [1.165, 1.54) is 7.11 Å². The lowest BCUT2D eigenvalue weighted by Crippen LogP contribution is -2.14. The third kappa shape index (κ3) is 6.05. The minimum Gasteiger partial charge on any atom is -0.368 e. The van der Waals surface area contributed by atoms with Gasteiger partial charge in [-0.2, -0.15) is 0 Å². The van der Waals surface area contributed by atoms with Crippen LogP contribution in [-0.4, -0.2) is 18.5 Å². The fourth-order valence-electron chi connectivity index (χ4n) is 0.674. The van der Waals surface area contributed by atoms with Gasteiger partial charge in [-0.1, -0.05) is 20.8 Å². The molecule has 0 saturated heterocycles. The fourth-order valence-corrected chi connectivity index (χ4v) is 0.674. The zero-order valence-electron chi connectivity index (χ0n) is 7.35. The van der Waals surface area contributed by atoms with Crippen molar-refractivity contribution in [1.82, 2.24) is 0 Å². The maximum Gasteiger partial charge on any atom is 0.154 e. The molecule has 0 heterocycles. The molecule has 0 bridgehead atoms. The molecule has 1 atom stereocenters. The average molecular weight is 146 g/mol. The Labute approximate surface area is 63.2 Å². The molecule has 1 unspecified atom stereocenters. The summed E-state index contributed by atoms with van der Waals surface area (Å²) in [5.41, 5.74) is 0.291. The van der Waals surface area contributed by atoms with E-state index in [1.807, 2.05) is 0 Å². The van der Waals surface area contributed by atoms with Gasteiger partial charge < -0.3 is 9.84 Å². The van der Waals surface area contributed by atoms with E-state index in [4.69, 9.17) is 9.84 Å². The van der Waals surface area contributed by atoms with Crippen LogP contribution in [-0.2, 0) is 4.74 Å².